The molecule has 0 bridgehead atoms. The van der Waals surface area contributed by atoms with Crippen LogP contribution in [0.2, 0.25) is 0 Å². The van der Waals surface area contributed by atoms with E-state index < -0.39 is 0 Å². The third kappa shape index (κ3) is 2.61. The zero-order valence-corrected chi connectivity index (χ0v) is 10.3. The number of rotatable bonds is 1. The molecule has 0 amide bonds. The van der Waals surface area contributed by atoms with E-state index in [4.69, 9.17) is 0 Å². The van der Waals surface area contributed by atoms with Crippen LogP contribution < -0.4 is 5.32 Å². The molecule has 0 aromatic heterocycles. The van der Waals surface area contributed by atoms with E-state index in [-0.39, 0.29) is 0 Å². The Bertz CT molecular complexity index is 393. The van der Waals surface area contributed by atoms with Gasteiger partial charge in [-0.1, -0.05) is 17.9 Å². The molecule has 0 aliphatic heterocycles. The first-order valence-corrected chi connectivity index (χ1v) is 5.28. The fourth-order valence-electron chi connectivity index (χ4n) is 1.63. The number of hydrogen-bond acceptors (Lipinski definition) is 1. The van der Waals surface area contributed by atoms with Crippen molar-refractivity contribution in [1.82, 2.24) is 5.32 Å². The van der Waals surface area contributed by atoms with Crippen LogP contribution in [0.15, 0.2) is 6.07 Å². The molecule has 1 heteroatoms. The Balaban J connectivity index is 3.23. The summed E-state index contributed by atoms with van der Waals surface area (Å²) in [6.07, 6.45) is 0. The van der Waals surface area contributed by atoms with E-state index in [0.717, 1.165) is 6.54 Å². The predicted molar refractivity (Wildman–Crippen MR) is 66.2 cm³/mol. The lowest BCUT2D eigenvalue weighted by atomic mass is 9.94. The normalized spacial score (nSPS) is 9.67. The molecule has 0 heterocycles. The topological polar surface area (TPSA) is 12.0 Å². The van der Waals surface area contributed by atoms with E-state index in [1.807, 2.05) is 7.05 Å². The molecule has 0 fully saturated rings. The van der Waals surface area contributed by atoms with Gasteiger partial charge in [0.1, 0.15) is 0 Å². The van der Waals surface area contributed by atoms with Crippen molar-refractivity contribution in [3.8, 4) is 11.8 Å². The van der Waals surface area contributed by atoms with Crippen molar-refractivity contribution in [2.75, 3.05) is 13.6 Å². The van der Waals surface area contributed by atoms with Gasteiger partial charge in [0.2, 0.25) is 0 Å². The van der Waals surface area contributed by atoms with Crippen LogP contribution in [-0.2, 0) is 0 Å². The molecular formula is C14H19N. The van der Waals surface area contributed by atoms with Crippen LogP contribution >= 0.6 is 0 Å². The maximum atomic E-state index is 3.25. The molecule has 0 aliphatic carbocycles. The second kappa shape index (κ2) is 5.00. The largest absolute Gasteiger partial charge is 0.309 e. The third-order valence-electron chi connectivity index (χ3n) is 2.84. The number of nitrogens with one attached hydrogen (secondary N) is 1. The standard InChI is InChI=1S/C14H19N/c1-10-9-11(2)13(4)14(12(10)3)7-6-8-15-5/h9,15H,8H2,1-5H3. The van der Waals surface area contributed by atoms with Crippen molar-refractivity contribution in [2.45, 2.75) is 27.7 Å². The fraction of sp³-hybridized carbons (Fsp3) is 0.429. The first-order chi connectivity index (χ1) is 7.07. The van der Waals surface area contributed by atoms with Crippen LogP contribution in [0.4, 0.5) is 0 Å². The Morgan fingerprint density at radius 3 is 2.07 bits per heavy atom. The van der Waals surface area contributed by atoms with E-state index >= 15 is 0 Å². The molecule has 0 saturated heterocycles. The lowest BCUT2D eigenvalue weighted by Crippen LogP contribution is -2.04. The summed E-state index contributed by atoms with van der Waals surface area (Å²) in [4.78, 5) is 0. The minimum atomic E-state index is 0.742. The van der Waals surface area contributed by atoms with Gasteiger partial charge in [0.15, 0.2) is 0 Å². The molecule has 1 aromatic rings. The predicted octanol–water partition coefficient (Wildman–Crippen LogP) is 2.49. The summed E-state index contributed by atoms with van der Waals surface area (Å²) in [7, 11) is 1.91. The van der Waals surface area contributed by atoms with Gasteiger partial charge in [-0.3, -0.25) is 0 Å². The minimum Gasteiger partial charge on any atom is -0.309 e. The molecule has 0 radical (unpaired) electrons. The van der Waals surface area contributed by atoms with Crippen LogP contribution in [0.1, 0.15) is 27.8 Å². The van der Waals surface area contributed by atoms with Crippen LogP contribution in [-0.4, -0.2) is 13.6 Å². The lowest BCUT2D eigenvalue weighted by molar-refractivity contribution is 0.938. The Kier molecular flexibility index (Phi) is 3.94. The highest BCUT2D eigenvalue weighted by atomic mass is 14.8. The van der Waals surface area contributed by atoms with Crippen molar-refractivity contribution in [2.24, 2.45) is 0 Å². The SMILES string of the molecule is CNCC#Cc1c(C)c(C)cc(C)c1C. The van der Waals surface area contributed by atoms with Gasteiger partial charge in [-0.2, -0.15) is 0 Å². The third-order valence-corrected chi connectivity index (χ3v) is 2.84. The van der Waals surface area contributed by atoms with Gasteiger partial charge >= 0.3 is 0 Å². The molecule has 0 saturated carbocycles. The van der Waals surface area contributed by atoms with Crippen molar-refractivity contribution < 1.29 is 0 Å². The Morgan fingerprint density at radius 1 is 1.07 bits per heavy atom. The lowest BCUT2D eigenvalue weighted by Gasteiger charge is -2.10. The molecule has 15 heavy (non-hydrogen) atoms. The fourth-order valence-corrected chi connectivity index (χ4v) is 1.63. The van der Waals surface area contributed by atoms with E-state index in [1.54, 1.807) is 0 Å². The quantitative estimate of drug-likeness (QED) is 0.688. The van der Waals surface area contributed by atoms with E-state index in [1.165, 1.54) is 27.8 Å². The maximum absolute atomic E-state index is 3.25. The average molecular weight is 201 g/mol. The van der Waals surface area contributed by atoms with E-state index in [2.05, 4.69) is 50.9 Å². The molecule has 1 N–H and O–H groups in total. The Morgan fingerprint density at radius 2 is 1.60 bits per heavy atom. The number of hydrogen-bond donors (Lipinski definition) is 1. The van der Waals surface area contributed by atoms with E-state index in [9.17, 15) is 0 Å². The molecular weight excluding hydrogens is 182 g/mol. The highest BCUT2D eigenvalue weighted by molar-refractivity contribution is 5.52. The first-order valence-electron chi connectivity index (χ1n) is 5.28. The molecule has 1 rings (SSSR count). The Labute approximate surface area is 92.9 Å². The van der Waals surface area contributed by atoms with Crippen molar-refractivity contribution >= 4 is 0 Å². The van der Waals surface area contributed by atoms with E-state index in [0.29, 0.717) is 0 Å². The van der Waals surface area contributed by atoms with Gasteiger partial charge in [-0.15, -0.1) is 0 Å². The highest BCUT2D eigenvalue weighted by Crippen LogP contribution is 2.20. The van der Waals surface area contributed by atoms with Gasteiger partial charge < -0.3 is 5.32 Å². The van der Waals surface area contributed by atoms with Crippen LogP contribution in [0.3, 0.4) is 0 Å². The summed E-state index contributed by atoms with van der Waals surface area (Å²) in [5.41, 5.74) is 6.46. The highest BCUT2D eigenvalue weighted by Gasteiger charge is 2.05. The zero-order valence-electron chi connectivity index (χ0n) is 10.3. The smallest absolute Gasteiger partial charge is 0.0577 e. The summed E-state index contributed by atoms with van der Waals surface area (Å²) in [5, 5.41) is 3.03. The van der Waals surface area contributed by atoms with Gasteiger partial charge in [0.25, 0.3) is 0 Å². The summed E-state index contributed by atoms with van der Waals surface area (Å²) >= 11 is 0. The van der Waals surface area contributed by atoms with Crippen molar-refractivity contribution in [3.05, 3.63) is 33.9 Å². The van der Waals surface area contributed by atoms with Crippen LogP contribution in [0.25, 0.3) is 0 Å². The summed E-state index contributed by atoms with van der Waals surface area (Å²) in [5.74, 6) is 6.38. The second-order valence-corrected chi connectivity index (χ2v) is 3.97. The van der Waals surface area contributed by atoms with Crippen LogP contribution in [0.5, 0.6) is 0 Å². The molecule has 1 aromatic carbocycles. The molecule has 0 unspecified atom stereocenters. The number of aryl methyl sites for hydroxylation is 2. The van der Waals surface area contributed by atoms with Gasteiger partial charge in [-0.25, -0.2) is 0 Å². The van der Waals surface area contributed by atoms with Crippen LogP contribution in [0, 0.1) is 39.5 Å². The van der Waals surface area contributed by atoms with Gasteiger partial charge in [0, 0.05) is 5.56 Å². The Hall–Kier alpha value is -1.26. The minimum absolute atomic E-state index is 0.742. The molecule has 0 spiro atoms. The first kappa shape index (κ1) is 11.8. The molecule has 80 valence electrons. The summed E-state index contributed by atoms with van der Waals surface area (Å²) < 4.78 is 0. The molecule has 0 atom stereocenters. The van der Waals surface area contributed by atoms with Gasteiger partial charge in [-0.05, 0) is 57.0 Å². The second-order valence-electron chi connectivity index (χ2n) is 3.97. The monoisotopic (exact) mass is 201 g/mol. The molecule has 0 aliphatic rings. The number of benzene rings is 1. The van der Waals surface area contributed by atoms with Crippen molar-refractivity contribution in [3.63, 3.8) is 0 Å². The van der Waals surface area contributed by atoms with Crippen molar-refractivity contribution in [1.29, 1.82) is 0 Å². The molecule has 1 nitrogen and oxygen atoms in total. The summed E-state index contributed by atoms with van der Waals surface area (Å²) in [6, 6.07) is 2.23. The summed E-state index contributed by atoms with van der Waals surface area (Å²) in [6.45, 7) is 9.32. The zero-order chi connectivity index (χ0) is 11.4. The van der Waals surface area contributed by atoms with Gasteiger partial charge in [0.05, 0.1) is 6.54 Å². The maximum Gasteiger partial charge on any atom is 0.0577 e. The average Bonchev–Trinajstić information content (AvgIpc) is 2.20.